The Morgan fingerprint density at radius 3 is 1.14 bits per heavy atom. The molecule has 0 aliphatic heterocycles. The molecule has 0 spiro atoms. The van der Waals surface area contributed by atoms with Crippen LogP contribution >= 0.6 is 0 Å². The molecule has 0 bridgehead atoms. The summed E-state index contributed by atoms with van der Waals surface area (Å²) < 4.78 is 0. The van der Waals surface area contributed by atoms with Crippen LogP contribution in [-0.4, -0.2) is 0 Å². The molecule has 0 aliphatic carbocycles. The van der Waals surface area contributed by atoms with Gasteiger partial charge in [-0.25, -0.2) is 12.1 Å². The second-order valence-electron chi connectivity index (χ2n) is 5.56. The summed E-state index contributed by atoms with van der Waals surface area (Å²) in [6.45, 7) is 13.2. The average molecular weight is 449 g/mol. The zero-order chi connectivity index (χ0) is 15.1. The van der Waals surface area contributed by atoms with E-state index in [1.54, 1.807) is 0 Å². The van der Waals surface area contributed by atoms with Gasteiger partial charge in [0.15, 0.2) is 0 Å². The largest absolute Gasteiger partial charge is 0.207 e. The maximum absolute atomic E-state index is 2.31. The van der Waals surface area contributed by atoms with E-state index in [-0.39, 0.29) is 25.8 Å². The molecular formula is C20H30Hf-2. The Labute approximate surface area is 150 Å². The summed E-state index contributed by atoms with van der Waals surface area (Å²) in [6, 6.07) is 9.21. The van der Waals surface area contributed by atoms with Crippen molar-refractivity contribution in [3.8, 4) is 0 Å². The van der Waals surface area contributed by atoms with Crippen LogP contribution < -0.4 is 0 Å². The second kappa shape index (κ2) is 10.3. The molecule has 0 amide bonds. The maximum Gasteiger partial charge on any atom is 0 e. The Balaban J connectivity index is 0.000000364. The van der Waals surface area contributed by atoms with Gasteiger partial charge in [0.1, 0.15) is 0 Å². The van der Waals surface area contributed by atoms with Crippen molar-refractivity contribution in [3.05, 3.63) is 57.6 Å². The van der Waals surface area contributed by atoms with E-state index < -0.39 is 0 Å². The summed E-state index contributed by atoms with van der Waals surface area (Å²) in [4.78, 5) is 0. The molecule has 116 valence electrons. The molecule has 0 aromatic heterocycles. The number of hydrogen-bond donors (Lipinski definition) is 0. The van der Waals surface area contributed by atoms with Gasteiger partial charge >= 0.3 is 0 Å². The van der Waals surface area contributed by atoms with E-state index in [4.69, 9.17) is 0 Å². The minimum atomic E-state index is 0. The van der Waals surface area contributed by atoms with Crippen LogP contribution in [-0.2, 0) is 51.5 Å². The Kier molecular flexibility index (Phi) is 10.1. The first-order valence-corrected chi connectivity index (χ1v) is 8.05. The van der Waals surface area contributed by atoms with Crippen LogP contribution in [0.3, 0.4) is 0 Å². The molecule has 0 saturated carbocycles. The fourth-order valence-corrected chi connectivity index (χ4v) is 2.67. The summed E-state index contributed by atoms with van der Waals surface area (Å²) in [6.07, 6.45) is 4.68. The molecule has 0 heterocycles. The van der Waals surface area contributed by atoms with Gasteiger partial charge in [-0.15, -0.1) is 0 Å². The fraction of sp³-hybridized carbons (Fsp3) is 0.500. The first-order chi connectivity index (χ1) is 9.55. The van der Waals surface area contributed by atoms with Crippen molar-refractivity contribution >= 4 is 0 Å². The molecule has 0 nitrogen and oxygen atoms in total. The van der Waals surface area contributed by atoms with Crippen molar-refractivity contribution < 1.29 is 25.8 Å². The third-order valence-corrected chi connectivity index (χ3v) is 4.11. The van der Waals surface area contributed by atoms with Crippen LogP contribution in [0.1, 0.15) is 61.1 Å². The SMILES string of the molecule is CCc1cc(CC)[c-](C)c1.CCc1cc(CC)[c-](C)c1.[Hf]. The Morgan fingerprint density at radius 2 is 1.00 bits per heavy atom. The maximum atomic E-state index is 2.31. The fourth-order valence-electron chi connectivity index (χ4n) is 2.67. The van der Waals surface area contributed by atoms with Crippen LogP contribution in [0.5, 0.6) is 0 Å². The van der Waals surface area contributed by atoms with Gasteiger partial charge in [0.25, 0.3) is 0 Å². The summed E-state index contributed by atoms with van der Waals surface area (Å²) >= 11 is 0. The van der Waals surface area contributed by atoms with Gasteiger partial charge in [0.05, 0.1) is 0 Å². The molecule has 2 aromatic rings. The van der Waals surface area contributed by atoms with Crippen LogP contribution in [0.2, 0.25) is 0 Å². The van der Waals surface area contributed by atoms with Crippen molar-refractivity contribution in [1.29, 1.82) is 0 Å². The van der Waals surface area contributed by atoms with Crippen molar-refractivity contribution in [1.82, 2.24) is 0 Å². The normalized spacial score (nSPS) is 9.81. The molecule has 0 N–H and O–H groups in total. The molecule has 0 aliphatic rings. The van der Waals surface area contributed by atoms with Gasteiger partial charge in [-0.2, -0.15) is 45.5 Å². The topological polar surface area (TPSA) is 0 Å². The quantitative estimate of drug-likeness (QED) is 0.417. The molecular weight excluding hydrogens is 419 g/mol. The first kappa shape index (κ1) is 20.6. The standard InChI is InChI=1S/2C10H15.Hf/c2*1-4-9-6-8(3)10(5-2)7-9;/h2*6-7H,4-5H2,1-3H3;/q2*-1;. The number of rotatable bonds is 4. The minimum Gasteiger partial charge on any atom is -0.207 e. The molecule has 2 aromatic carbocycles. The summed E-state index contributed by atoms with van der Waals surface area (Å²) in [5.74, 6) is 0. The molecule has 21 heavy (non-hydrogen) atoms. The Morgan fingerprint density at radius 1 is 0.667 bits per heavy atom. The summed E-state index contributed by atoms with van der Waals surface area (Å²) in [7, 11) is 0. The van der Waals surface area contributed by atoms with Crippen LogP contribution in [0, 0.1) is 13.8 Å². The summed E-state index contributed by atoms with van der Waals surface area (Å²) in [5, 5.41) is 0. The molecule has 0 unspecified atom stereocenters. The Hall–Kier alpha value is -0.430. The van der Waals surface area contributed by atoms with Crippen molar-refractivity contribution in [2.75, 3.05) is 0 Å². The van der Waals surface area contributed by atoms with Gasteiger partial charge in [0.2, 0.25) is 0 Å². The van der Waals surface area contributed by atoms with Gasteiger partial charge in [-0.05, 0) is 0 Å². The predicted octanol–water partition coefficient (Wildman–Crippen LogP) is 5.67. The first-order valence-electron chi connectivity index (χ1n) is 8.05. The van der Waals surface area contributed by atoms with Crippen molar-refractivity contribution in [3.63, 3.8) is 0 Å². The van der Waals surface area contributed by atoms with Gasteiger partial charge in [0, 0.05) is 25.8 Å². The minimum absolute atomic E-state index is 0. The third-order valence-electron chi connectivity index (χ3n) is 4.11. The molecule has 0 radical (unpaired) electrons. The predicted molar refractivity (Wildman–Crippen MR) is 91.1 cm³/mol. The Bertz CT molecular complexity index is 466. The molecule has 0 fully saturated rings. The van der Waals surface area contributed by atoms with E-state index in [0.29, 0.717) is 0 Å². The van der Waals surface area contributed by atoms with Crippen molar-refractivity contribution in [2.24, 2.45) is 0 Å². The third kappa shape index (κ3) is 6.06. The van der Waals surface area contributed by atoms with Crippen molar-refractivity contribution in [2.45, 2.75) is 67.2 Å². The van der Waals surface area contributed by atoms with Gasteiger partial charge in [-0.1, -0.05) is 67.2 Å². The monoisotopic (exact) mass is 450 g/mol. The molecule has 0 saturated heterocycles. The molecule has 2 rings (SSSR count). The number of hydrogen-bond acceptors (Lipinski definition) is 0. The molecule has 1 heteroatoms. The van der Waals surface area contributed by atoms with Crippen LogP contribution in [0.25, 0.3) is 0 Å². The van der Waals surface area contributed by atoms with E-state index >= 15 is 0 Å². The molecule has 0 atom stereocenters. The van der Waals surface area contributed by atoms with Crippen LogP contribution in [0.15, 0.2) is 24.3 Å². The second-order valence-corrected chi connectivity index (χ2v) is 5.56. The van der Waals surface area contributed by atoms with Gasteiger partial charge < -0.3 is 0 Å². The van der Waals surface area contributed by atoms with E-state index in [0.717, 1.165) is 0 Å². The smallest absolute Gasteiger partial charge is 0 e. The van der Waals surface area contributed by atoms with E-state index in [1.165, 1.54) is 59.1 Å². The van der Waals surface area contributed by atoms with Gasteiger partial charge in [-0.3, -0.25) is 0 Å². The zero-order valence-corrected chi connectivity index (χ0v) is 18.2. The average Bonchev–Trinajstić information content (AvgIpc) is 3.01. The zero-order valence-electron chi connectivity index (χ0n) is 14.6. The number of aryl methyl sites for hydroxylation is 6. The van der Waals surface area contributed by atoms with E-state index in [9.17, 15) is 0 Å². The van der Waals surface area contributed by atoms with E-state index in [1.807, 2.05) is 0 Å². The van der Waals surface area contributed by atoms with E-state index in [2.05, 4.69) is 65.8 Å². The summed E-state index contributed by atoms with van der Waals surface area (Å²) in [5.41, 5.74) is 8.90. The van der Waals surface area contributed by atoms with Crippen LogP contribution in [0.4, 0.5) is 0 Å².